The molecule has 0 saturated heterocycles. The molecule has 0 unspecified atom stereocenters. The summed E-state index contributed by atoms with van der Waals surface area (Å²) in [6.45, 7) is 2.30. The molecule has 1 aliphatic carbocycles. The van der Waals surface area contributed by atoms with Crippen LogP contribution in [0.3, 0.4) is 0 Å². The summed E-state index contributed by atoms with van der Waals surface area (Å²) in [4.78, 5) is 0. The van der Waals surface area contributed by atoms with Gasteiger partial charge in [-0.25, -0.2) is 0 Å². The standard InChI is InChI=1S/C19H29BrO/c1-3-4-7-16-10-12-19(15-20,13-11-16)14-17-8-5-6-9-18(17)21-2/h5-6,8-9,16H,3-4,7,10-15H2,1-2H3. The maximum absolute atomic E-state index is 5.54. The van der Waals surface area contributed by atoms with Crippen LogP contribution in [0.1, 0.15) is 57.4 Å². The first-order chi connectivity index (χ1) is 10.2. The number of unbranched alkanes of at least 4 members (excludes halogenated alkanes) is 1. The fourth-order valence-electron chi connectivity index (χ4n) is 3.68. The molecular weight excluding hydrogens is 324 g/mol. The van der Waals surface area contributed by atoms with Gasteiger partial charge < -0.3 is 4.74 Å². The van der Waals surface area contributed by atoms with Gasteiger partial charge in [0.05, 0.1) is 7.11 Å². The molecule has 1 aliphatic rings. The van der Waals surface area contributed by atoms with E-state index < -0.39 is 0 Å². The second kappa shape index (κ2) is 8.22. The van der Waals surface area contributed by atoms with Gasteiger partial charge in [0.2, 0.25) is 0 Å². The van der Waals surface area contributed by atoms with E-state index in [0.29, 0.717) is 5.41 Å². The highest BCUT2D eigenvalue weighted by Gasteiger charge is 2.34. The van der Waals surface area contributed by atoms with Crippen LogP contribution >= 0.6 is 15.9 Å². The van der Waals surface area contributed by atoms with Crippen molar-refractivity contribution in [1.82, 2.24) is 0 Å². The molecule has 1 aromatic carbocycles. The molecule has 1 aromatic rings. The molecule has 0 aliphatic heterocycles. The van der Waals surface area contributed by atoms with Crippen molar-refractivity contribution >= 4 is 15.9 Å². The van der Waals surface area contributed by atoms with Gasteiger partial charge in [-0.15, -0.1) is 0 Å². The Kier molecular flexibility index (Phi) is 6.60. The van der Waals surface area contributed by atoms with Crippen molar-refractivity contribution in [2.75, 3.05) is 12.4 Å². The third kappa shape index (κ3) is 4.48. The first kappa shape index (κ1) is 16.9. The number of rotatable bonds is 7. The lowest BCUT2D eigenvalue weighted by Gasteiger charge is -2.39. The zero-order chi connectivity index (χ0) is 15.1. The molecule has 1 saturated carbocycles. The largest absolute Gasteiger partial charge is 0.496 e. The fraction of sp³-hybridized carbons (Fsp3) is 0.684. The molecule has 0 heterocycles. The molecule has 2 rings (SSSR count). The summed E-state index contributed by atoms with van der Waals surface area (Å²) in [6, 6.07) is 8.51. The number of para-hydroxylation sites is 1. The van der Waals surface area contributed by atoms with E-state index in [1.807, 2.05) is 0 Å². The van der Waals surface area contributed by atoms with E-state index in [2.05, 4.69) is 47.1 Å². The van der Waals surface area contributed by atoms with Crippen molar-refractivity contribution in [3.8, 4) is 5.75 Å². The Morgan fingerprint density at radius 1 is 1.24 bits per heavy atom. The summed E-state index contributed by atoms with van der Waals surface area (Å²) in [5, 5.41) is 1.11. The summed E-state index contributed by atoms with van der Waals surface area (Å²) >= 11 is 3.80. The Labute approximate surface area is 138 Å². The number of hydrogen-bond acceptors (Lipinski definition) is 1. The molecule has 0 atom stereocenters. The molecule has 2 heteroatoms. The summed E-state index contributed by atoms with van der Waals surface area (Å²) in [7, 11) is 1.78. The molecule has 21 heavy (non-hydrogen) atoms. The molecular formula is C19H29BrO. The van der Waals surface area contributed by atoms with Gasteiger partial charge in [0, 0.05) is 5.33 Å². The van der Waals surface area contributed by atoms with Crippen LogP contribution < -0.4 is 4.74 Å². The van der Waals surface area contributed by atoms with E-state index in [1.54, 1.807) is 7.11 Å². The van der Waals surface area contributed by atoms with Crippen LogP contribution in [-0.4, -0.2) is 12.4 Å². The lowest BCUT2D eigenvalue weighted by molar-refractivity contribution is 0.167. The van der Waals surface area contributed by atoms with Crippen LogP contribution in [-0.2, 0) is 6.42 Å². The van der Waals surface area contributed by atoms with Crippen LogP contribution in [0.2, 0.25) is 0 Å². The number of benzene rings is 1. The first-order valence-electron chi connectivity index (χ1n) is 8.41. The maximum atomic E-state index is 5.54. The van der Waals surface area contributed by atoms with Gasteiger partial charge in [-0.1, -0.05) is 60.3 Å². The van der Waals surface area contributed by atoms with Gasteiger partial charge in [-0.2, -0.15) is 0 Å². The summed E-state index contributed by atoms with van der Waals surface area (Å²) in [5.74, 6) is 2.01. The highest BCUT2D eigenvalue weighted by Crippen LogP contribution is 2.45. The minimum absolute atomic E-state index is 0.428. The van der Waals surface area contributed by atoms with Gasteiger partial charge >= 0.3 is 0 Å². The van der Waals surface area contributed by atoms with Gasteiger partial charge in [0.1, 0.15) is 5.75 Å². The predicted octanol–water partition coefficient (Wildman–Crippen LogP) is 6.00. The predicted molar refractivity (Wildman–Crippen MR) is 94.4 cm³/mol. The smallest absolute Gasteiger partial charge is 0.122 e. The lowest BCUT2D eigenvalue weighted by Crippen LogP contribution is -2.31. The minimum atomic E-state index is 0.428. The van der Waals surface area contributed by atoms with Crippen molar-refractivity contribution in [2.45, 2.75) is 58.3 Å². The van der Waals surface area contributed by atoms with Gasteiger partial charge in [0.25, 0.3) is 0 Å². The molecule has 0 radical (unpaired) electrons. The number of ether oxygens (including phenoxy) is 1. The molecule has 118 valence electrons. The Morgan fingerprint density at radius 2 is 1.95 bits per heavy atom. The Bertz CT molecular complexity index is 421. The van der Waals surface area contributed by atoms with Gasteiger partial charge in [-0.3, -0.25) is 0 Å². The second-order valence-electron chi connectivity index (χ2n) is 6.71. The van der Waals surface area contributed by atoms with E-state index in [-0.39, 0.29) is 0 Å². The molecule has 1 nitrogen and oxygen atoms in total. The number of alkyl halides is 1. The normalized spacial score (nSPS) is 25.8. The van der Waals surface area contributed by atoms with Crippen molar-refractivity contribution in [3.05, 3.63) is 29.8 Å². The average Bonchev–Trinajstić information content (AvgIpc) is 2.55. The topological polar surface area (TPSA) is 9.23 Å². The Balaban J connectivity index is 2.00. The summed E-state index contributed by atoms with van der Waals surface area (Å²) in [6.07, 6.45) is 10.8. The average molecular weight is 353 g/mol. The number of halogens is 1. The third-order valence-electron chi connectivity index (χ3n) is 5.17. The van der Waals surface area contributed by atoms with Crippen molar-refractivity contribution in [2.24, 2.45) is 11.3 Å². The van der Waals surface area contributed by atoms with Crippen LogP contribution in [0, 0.1) is 11.3 Å². The van der Waals surface area contributed by atoms with Crippen molar-refractivity contribution < 1.29 is 4.74 Å². The summed E-state index contributed by atoms with van der Waals surface area (Å²) < 4.78 is 5.54. The van der Waals surface area contributed by atoms with Crippen molar-refractivity contribution in [3.63, 3.8) is 0 Å². The van der Waals surface area contributed by atoms with Crippen LogP contribution in [0.5, 0.6) is 5.75 Å². The van der Waals surface area contributed by atoms with Gasteiger partial charge in [0.15, 0.2) is 0 Å². The zero-order valence-electron chi connectivity index (χ0n) is 13.5. The molecule has 0 spiro atoms. The molecule has 0 N–H and O–H groups in total. The number of hydrogen-bond donors (Lipinski definition) is 0. The van der Waals surface area contributed by atoms with E-state index >= 15 is 0 Å². The quantitative estimate of drug-likeness (QED) is 0.546. The highest BCUT2D eigenvalue weighted by atomic mass is 79.9. The van der Waals surface area contributed by atoms with Crippen LogP contribution in [0.25, 0.3) is 0 Å². The molecule has 0 amide bonds. The Hall–Kier alpha value is -0.500. The van der Waals surface area contributed by atoms with E-state index in [9.17, 15) is 0 Å². The minimum Gasteiger partial charge on any atom is -0.496 e. The first-order valence-corrected chi connectivity index (χ1v) is 9.53. The fourth-order valence-corrected chi connectivity index (χ4v) is 4.44. The number of methoxy groups -OCH3 is 1. The van der Waals surface area contributed by atoms with E-state index in [0.717, 1.165) is 23.4 Å². The molecule has 0 bridgehead atoms. The van der Waals surface area contributed by atoms with E-state index in [1.165, 1.54) is 50.5 Å². The van der Waals surface area contributed by atoms with Crippen LogP contribution in [0.4, 0.5) is 0 Å². The highest BCUT2D eigenvalue weighted by molar-refractivity contribution is 9.09. The van der Waals surface area contributed by atoms with E-state index in [4.69, 9.17) is 4.74 Å². The Morgan fingerprint density at radius 3 is 2.57 bits per heavy atom. The summed E-state index contributed by atoms with van der Waals surface area (Å²) in [5.41, 5.74) is 1.80. The second-order valence-corrected chi connectivity index (χ2v) is 7.27. The molecule has 0 aromatic heterocycles. The SMILES string of the molecule is CCCCC1CCC(CBr)(Cc2ccccc2OC)CC1. The van der Waals surface area contributed by atoms with Gasteiger partial charge in [-0.05, 0) is 55.1 Å². The monoisotopic (exact) mass is 352 g/mol. The van der Waals surface area contributed by atoms with Crippen molar-refractivity contribution in [1.29, 1.82) is 0 Å². The maximum Gasteiger partial charge on any atom is 0.122 e. The zero-order valence-corrected chi connectivity index (χ0v) is 15.1. The van der Waals surface area contributed by atoms with Crippen LogP contribution in [0.15, 0.2) is 24.3 Å². The third-order valence-corrected chi connectivity index (χ3v) is 6.36. The lowest BCUT2D eigenvalue weighted by atomic mass is 9.68. The molecule has 1 fully saturated rings.